The minimum atomic E-state index is -1.17. The zero-order valence-corrected chi connectivity index (χ0v) is 11.7. The smallest absolute Gasteiger partial charge is 0.254 e. The van der Waals surface area contributed by atoms with E-state index in [0.717, 1.165) is 0 Å². The van der Waals surface area contributed by atoms with Crippen LogP contribution in [0.2, 0.25) is 0 Å². The molecule has 0 spiro atoms. The van der Waals surface area contributed by atoms with Gasteiger partial charge >= 0.3 is 0 Å². The van der Waals surface area contributed by atoms with E-state index in [-0.39, 0.29) is 18.0 Å². The van der Waals surface area contributed by atoms with Crippen molar-refractivity contribution in [3.63, 3.8) is 0 Å². The third-order valence-corrected chi connectivity index (χ3v) is 3.81. The lowest BCUT2D eigenvalue weighted by Crippen LogP contribution is -2.55. The summed E-state index contributed by atoms with van der Waals surface area (Å²) in [6.07, 6.45) is -0.0370. The number of nitrogens with zero attached hydrogens (tertiary/aromatic N) is 1. The van der Waals surface area contributed by atoms with E-state index in [1.54, 1.807) is 13.0 Å². The van der Waals surface area contributed by atoms with Crippen molar-refractivity contribution in [2.24, 2.45) is 0 Å². The maximum Gasteiger partial charge on any atom is 0.254 e. The molecule has 2 rings (SSSR count). The van der Waals surface area contributed by atoms with Gasteiger partial charge in [0.1, 0.15) is 0 Å². The van der Waals surface area contributed by atoms with E-state index in [0.29, 0.717) is 30.6 Å². The summed E-state index contributed by atoms with van der Waals surface area (Å²) in [7, 11) is 0. The van der Waals surface area contributed by atoms with E-state index >= 15 is 0 Å². The van der Waals surface area contributed by atoms with E-state index in [9.17, 15) is 19.8 Å². The molecule has 0 aromatic carbocycles. The van der Waals surface area contributed by atoms with Crippen LogP contribution >= 0.6 is 0 Å². The molecule has 1 amide bonds. The molecular formula is C14H20N2O4. The number of pyridine rings is 1. The molecule has 1 aliphatic heterocycles. The highest BCUT2D eigenvalue weighted by molar-refractivity contribution is 5.94. The fraction of sp³-hybridized carbons (Fsp3) is 0.571. The monoisotopic (exact) mass is 280 g/mol. The number of aryl methyl sites for hydroxylation is 1. The van der Waals surface area contributed by atoms with Gasteiger partial charge < -0.3 is 20.1 Å². The van der Waals surface area contributed by atoms with Gasteiger partial charge in [0.15, 0.2) is 0 Å². The van der Waals surface area contributed by atoms with Gasteiger partial charge in [0.05, 0.1) is 11.7 Å². The van der Waals surface area contributed by atoms with Crippen molar-refractivity contribution >= 4 is 5.91 Å². The van der Waals surface area contributed by atoms with Crippen molar-refractivity contribution in [1.82, 2.24) is 9.88 Å². The van der Waals surface area contributed by atoms with E-state index in [1.165, 1.54) is 11.0 Å². The molecule has 3 N–H and O–H groups in total. The number of carbonyl (C=O) groups is 1. The molecule has 6 heteroatoms. The van der Waals surface area contributed by atoms with Gasteiger partial charge in [-0.3, -0.25) is 9.59 Å². The number of β-amino-alcohol motifs (C(OH)–C–C–N with tert-alkyl or cyclic N) is 1. The summed E-state index contributed by atoms with van der Waals surface area (Å²) in [5, 5.41) is 19.7. The Labute approximate surface area is 117 Å². The minimum absolute atomic E-state index is 0.0695. The number of hydrogen-bond acceptors (Lipinski definition) is 4. The average molecular weight is 280 g/mol. The van der Waals surface area contributed by atoms with Gasteiger partial charge in [-0.15, -0.1) is 0 Å². The van der Waals surface area contributed by atoms with Crippen LogP contribution in [-0.2, 0) is 6.42 Å². The van der Waals surface area contributed by atoms with Gasteiger partial charge in [-0.2, -0.15) is 0 Å². The summed E-state index contributed by atoms with van der Waals surface area (Å²) >= 11 is 0. The number of aromatic nitrogens is 1. The number of nitrogens with one attached hydrogen (secondary N) is 1. The molecule has 20 heavy (non-hydrogen) atoms. The molecule has 2 atom stereocenters. The number of aliphatic hydroxyl groups excluding tert-OH is 1. The highest BCUT2D eigenvalue weighted by Gasteiger charge is 2.38. The maximum atomic E-state index is 12.4. The summed E-state index contributed by atoms with van der Waals surface area (Å²) in [4.78, 5) is 28.0. The van der Waals surface area contributed by atoms with Crippen LogP contribution in [0.1, 0.15) is 36.3 Å². The molecule has 0 saturated carbocycles. The first-order valence-corrected chi connectivity index (χ1v) is 6.76. The van der Waals surface area contributed by atoms with Gasteiger partial charge in [0.25, 0.3) is 5.91 Å². The van der Waals surface area contributed by atoms with Crippen LogP contribution in [0.25, 0.3) is 0 Å². The van der Waals surface area contributed by atoms with Crippen LogP contribution in [0.4, 0.5) is 0 Å². The number of carbonyl (C=O) groups excluding carboxylic acids is 1. The lowest BCUT2D eigenvalue weighted by molar-refractivity contribution is -0.0999. The Morgan fingerprint density at radius 2 is 2.25 bits per heavy atom. The quantitative estimate of drug-likeness (QED) is 0.705. The third kappa shape index (κ3) is 2.91. The Bertz CT molecular complexity index is 565. The van der Waals surface area contributed by atoms with E-state index in [4.69, 9.17) is 0 Å². The molecule has 0 aliphatic carbocycles. The molecule has 1 fully saturated rings. The fourth-order valence-corrected chi connectivity index (χ4v) is 2.31. The number of aliphatic hydroxyl groups is 2. The predicted octanol–water partition coefficient (Wildman–Crippen LogP) is -0.105. The van der Waals surface area contributed by atoms with Gasteiger partial charge in [-0.25, -0.2) is 0 Å². The third-order valence-electron chi connectivity index (χ3n) is 3.81. The predicted molar refractivity (Wildman–Crippen MR) is 73.6 cm³/mol. The van der Waals surface area contributed by atoms with Crippen molar-refractivity contribution in [2.45, 2.75) is 38.4 Å². The summed E-state index contributed by atoms with van der Waals surface area (Å²) in [5.74, 6) is -0.291. The zero-order chi connectivity index (χ0) is 14.9. The molecule has 2 heterocycles. The van der Waals surface area contributed by atoms with Gasteiger partial charge in [-0.05, 0) is 25.8 Å². The van der Waals surface area contributed by atoms with Crippen LogP contribution in [0.3, 0.4) is 0 Å². The Balaban J connectivity index is 2.20. The molecule has 0 bridgehead atoms. The van der Waals surface area contributed by atoms with E-state index in [2.05, 4.69) is 4.98 Å². The lowest BCUT2D eigenvalue weighted by atomic mass is 9.90. The largest absolute Gasteiger partial charge is 0.388 e. The number of hydrogen-bond donors (Lipinski definition) is 3. The van der Waals surface area contributed by atoms with E-state index < -0.39 is 11.7 Å². The Morgan fingerprint density at radius 3 is 2.85 bits per heavy atom. The molecule has 6 nitrogen and oxygen atoms in total. The molecule has 110 valence electrons. The fourth-order valence-electron chi connectivity index (χ4n) is 2.31. The molecule has 1 aromatic heterocycles. The summed E-state index contributed by atoms with van der Waals surface area (Å²) in [6.45, 7) is 3.88. The van der Waals surface area contributed by atoms with Crippen molar-refractivity contribution in [2.75, 3.05) is 13.1 Å². The van der Waals surface area contributed by atoms with Crippen LogP contribution in [0.5, 0.6) is 0 Å². The van der Waals surface area contributed by atoms with Crippen molar-refractivity contribution in [3.8, 4) is 0 Å². The van der Waals surface area contributed by atoms with Crippen molar-refractivity contribution in [1.29, 1.82) is 0 Å². The van der Waals surface area contributed by atoms with Crippen LogP contribution in [0, 0.1) is 0 Å². The van der Waals surface area contributed by atoms with Crippen LogP contribution in [-0.4, -0.2) is 50.8 Å². The first-order chi connectivity index (χ1) is 9.33. The second-order valence-electron chi connectivity index (χ2n) is 5.49. The van der Waals surface area contributed by atoms with E-state index in [1.807, 2.05) is 6.92 Å². The highest BCUT2D eigenvalue weighted by atomic mass is 16.3. The van der Waals surface area contributed by atoms with Crippen LogP contribution < -0.4 is 5.56 Å². The normalized spacial score (nSPS) is 26.6. The first kappa shape index (κ1) is 14.7. The summed E-state index contributed by atoms with van der Waals surface area (Å²) in [5.41, 5.74) is -0.457. The number of rotatable bonds is 2. The average Bonchev–Trinajstić information content (AvgIpc) is 2.40. The number of H-pyrrole nitrogens is 1. The summed E-state index contributed by atoms with van der Waals surface area (Å²) < 4.78 is 0. The van der Waals surface area contributed by atoms with Crippen molar-refractivity contribution in [3.05, 3.63) is 33.7 Å². The lowest BCUT2D eigenvalue weighted by Gasteiger charge is -2.39. The number of likely N-dealkylation sites (tertiary alicyclic amines) is 1. The molecule has 0 radical (unpaired) electrons. The summed E-state index contributed by atoms with van der Waals surface area (Å²) in [6, 6.07) is 2.92. The Morgan fingerprint density at radius 1 is 1.55 bits per heavy atom. The first-order valence-electron chi connectivity index (χ1n) is 6.76. The Hall–Kier alpha value is -1.66. The Kier molecular flexibility index (Phi) is 3.96. The zero-order valence-electron chi connectivity index (χ0n) is 11.7. The topological polar surface area (TPSA) is 93.6 Å². The number of piperidine rings is 1. The number of amides is 1. The molecular weight excluding hydrogens is 260 g/mol. The van der Waals surface area contributed by atoms with Crippen molar-refractivity contribution < 1.29 is 15.0 Å². The highest BCUT2D eigenvalue weighted by Crippen LogP contribution is 2.23. The van der Waals surface area contributed by atoms with Gasteiger partial charge in [0.2, 0.25) is 5.56 Å². The molecule has 1 aromatic rings. The second-order valence-corrected chi connectivity index (χ2v) is 5.49. The van der Waals surface area contributed by atoms with Crippen LogP contribution in [0.15, 0.2) is 16.9 Å². The second kappa shape index (κ2) is 5.38. The standard InChI is InChI=1S/C14H20N2O4/c1-3-10-6-9(7-12(18)15-10)13(19)16-5-4-14(2,20)11(17)8-16/h6-7,11,17,20H,3-5,8H2,1-2H3,(H,15,18)/t11-,14+/m0/s1. The van der Waals surface area contributed by atoms with Gasteiger partial charge in [0, 0.05) is 30.4 Å². The van der Waals surface area contributed by atoms with Gasteiger partial charge in [-0.1, -0.05) is 6.92 Å². The molecule has 1 aliphatic rings. The SMILES string of the molecule is CCc1cc(C(=O)N2CC[C@@](C)(O)[C@@H](O)C2)cc(=O)[nH]1. The minimum Gasteiger partial charge on any atom is -0.388 e. The molecule has 1 saturated heterocycles. The maximum absolute atomic E-state index is 12.4. The number of aromatic amines is 1. The molecule has 0 unspecified atom stereocenters.